The van der Waals surface area contributed by atoms with Gasteiger partial charge in [-0.25, -0.2) is 12.8 Å². The summed E-state index contributed by atoms with van der Waals surface area (Å²) < 4.78 is 45.9. The summed E-state index contributed by atoms with van der Waals surface area (Å²) in [6.07, 6.45) is -0.316. The van der Waals surface area contributed by atoms with Crippen molar-refractivity contribution >= 4 is 27.6 Å². The largest absolute Gasteiger partial charge is 0.462 e. The predicted octanol–water partition coefficient (Wildman–Crippen LogP) is 2.62. The number of nitrogens with one attached hydrogen (secondary N) is 2. The number of sulfonamides is 1. The van der Waals surface area contributed by atoms with Gasteiger partial charge in [-0.2, -0.15) is 0 Å². The van der Waals surface area contributed by atoms with Crippen LogP contribution < -0.4 is 10.0 Å². The maximum atomic E-state index is 13.7. The summed E-state index contributed by atoms with van der Waals surface area (Å²) >= 11 is 0. The van der Waals surface area contributed by atoms with Crippen LogP contribution in [0.25, 0.3) is 0 Å². The molecule has 2 N–H and O–H groups in total. The van der Waals surface area contributed by atoms with Crippen molar-refractivity contribution in [2.24, 2.45) is 0 Å². The summed E-state index contributed by atoms with van der Waals surface area (Å²) in [7, 11) is -4.12. The molecule has 28 heavy (non-hydrogen) atoms. The first-order chi connectivity index (χ1) is 13.1. The molecule has 0 fully saturated rings. The van der Waals surface area contributed by atoms with Gasteiger partial charge >= 0.3 is 5.97 Å². The molecule has 0 aromatic heterocycles. The number of aryl methyl sites for hydroxylation is 1. The molecule has 0 bridgehead atoms. The van der Waals surface area contributed by atoms with Crippen LogP contribution in [0.3, 0.4) is 0 Å². The van der Waals surface area contributed by atoms with Crippen molar-refractivity contribution in [3.63, 3.8) is 0 Å². The van der Waals surface area contributed by atoms with Crippen LogP contribution in [0.4, 0.5) is 10.1 Å². The normalized spacial score (nSPS) is 11.2. The van der Waals surface area contributed by atoms with Gasteiger partial charge in [-0.15, -0.1) is 0 Å². The van der Waals surface area contributed by atoms with Crippen LogP contribution in [0.15, 0.2) is 47.4 Å². The van der Waals surface area contributed by atoms with Crippen LogP contribution in [0.1, 0.15) is 29.8 Å². The van der Waals surface area contributed by atoms with Crippen LogP contribution in [0.5, 0.6) is 0 Å². The molecule has 2 rings (SSSR count). The molecule has 0 aliphatic rings. The molecule has 2 aromatic carbocycles. The second kappa shape index (κ2) is 8.83. The van der Waals surface area contributed by atoms with E-state index in [4.69, 9.17) is 4.74 Å². The highest BCUT2D eigenvalue weighted by molar-refractivity contribution is 7.92. The lowest BCUT2D eigenvalue weighted by Gasteiger charge is -2.12. The number of carbonyl (C=O) groups excluding carboxylic acids is 2. The van der Waals surface area contributed by atoms with Crippen LogP contribution in [0.2, 0.25) is 0 Å². The lowest BCUT2D eigenvalue weighted by Crippen LogP contribution is -2.32. The summed E-state index contributed by atoms with van der Waals surface area (Å²) in [5.74, 6) is -1.95. The van der Waals surface area contributed by atoms with E-state index in [9.17, 15) is 22.4 Å². The number of hydrogen-bond donors (Lipinski definition) is 2. The predicted molar refractivity (Wildman–Crippen MR) is 102 cm³/mol. The Bertz CT molecular complexity index is 990. The monoisotopic (exact) mass is 408 g/mol. The SMILES string of the molecule is Cc1ccc(S(=O)(=O)Nc2ccccc2F)cc1C(=O)NCC(=O)OC(C)C. The molecule has 9 heteroatoms. The van der Waals surface area contributed by atoms with Crippen molar-refractivity contribution in [3.05, 3.63) is 59.4 Å². The fourth-order valence-electron chi connectivity index (χ4n) is 2.31. The number of esters is 1. The average molecular weight is 408 g/mol. The number of hydrogen-bond acceptors (Lipinski definition) is 5. The summed E-state index contributed by atoms with van der Waals surface area (Å²) in [6, 6.07) is 9.27. The highest BCUT2D eigenvalue weighted by atomic mass is 32.2. The molecule has 0 saturated carbocycles. The minimum atomic E-state index is -4.12. The van der Waals surface area contributed by atoms with E-state index in [1.54, 1.807) is 20.8 Å². The number of carbonyl (C=O) groups is 2. The molecular formula is C19H21FN2O5S. The van der Waals surface area contributed by atoms with E-state index in [1.165, 1.54) is 36.4 Å². The van der Waals surface area contributed by atoms with Gasteiger partial charge < -0.3 is 10.1 Å². The molecule has 150 valence electrons. The molecule has 0 unspecified atom stereocenters. The Morgan fingerprint density at radius 2 is 1.82 bits per heavy atom. The molecule has 1 amide bonds. The van der Waals surface area contributed by atoms with E-state index in [1.807, 2.05) is 0 Å². The van der Waals surface area contributed by atoms with Crippen LogP contribution in [-0.2, 0) is 19.6 Å². The van der Waals surface area contributed by atoms with Crippen molar-refractivity contribution in [3.8, 4) is 0 Å². The van der Waals surface area contributed by atoms with Gasteiger partial charge in [-0.05, 0) is 50.6 Å². The van der Waals surface area contributed by atoms with E-state index >= 15 is 0 Å². The van der Waals surface area contributed by atoms with E-state index in [2.05, 4.69) is 10.0 Å². The molecule has 0 aliphatic heterocycles. The smallest absolute Gasteiger partial charge is 0.325 e. The third kappa shape index (κ3) is 5.53. The Morgan fingerprint density at radius 3 is 2.46 bits per heavy atom. The summed E-state index contributed by atoms with van der Waals surface area (Å²) in [5, 5.41) is 2.39. The summed E-state index contributed by atoms with van der Waals surface area (Å²) in [5.41, 5.74) is 0.388. The van der Waals surface area contributed by atoms with Crippen molar-refractivity contribution in [2.75, 3.05) is 11.3 Å². The lowest BCUT2D eigenvalue weighted by molar-refractivity contribution is -0.146. The van der Waals surface area contributed by atoms with Crippen LogP contribution >= 0.6 is 0 Å². The highest BCUT2D eigenvalue weighted by Gasteiger charge is 2.20. The lowest BCUT2D eigenvalue weighted by atomic mass is 10.1. The van der Waals surface area contributed by atoms with Gasteiger partial charge in [0.2, 0.25) is 0 Å². The number of benzene rings is 2. The zero-order valence-corrected chi connectivity index (χ0v) is 16.5. The summed E-state index contributed by atoms with van der Waals surface area (Å²) in [6.45, 7) is 4.64. The Balaban J connectivity index is 2.21. The average Bonchev–Trinajstić information content (AvgIpc) is 2.61. The Morgan fingerprint density at radius 1 is 1.14 bits per heavy atom. The van der Waals surface area contributed by atoms with Gasteiger partial charge in [0.25, 0.3) is 15.9 Å². The van der Waals surface area contributed by atoms with Gasteiger partial charge in [0, 0.05) is 5.56 Å². The standard InChI is InChI=1S/C19H21FN2O5S/c1-12(2)27-18(23)11-21-19(24)15-10-14(9-8-13(15)3)28(25,26)22-17-7-5-4-6-16(17)20/h4-10,12,22H,11H2,1-3H3,(H,21,24). The molecule has 0 spiro atoms. The van der Waals surface area contributed by atoms with Gasteiger partial charge in [-0.1, -0.05) is 18.2 Å². The molecule has 2 aromatic rings. The maximum Gasteiger partial charge on any atom is 0.325 e. The molecule has 7 nitrogen and oxygen atoms in total. The number of para-hydroxylation sites is 1. The Kier molecular flexibility index (Phi) is 6.74. The number of ether oxygens (including phenoxy) is 1. The third-order valence-corrected chi connectivity index (χ3v) is 5.01. The van der Waals surface area contributed by atoms with Gasteiger partial charge in [-0.3, -0.25) is 14.3 Å². The van der Waals surface area contributed by atoms with Crippen LogP contribution in [-0.4, -0.2) is 32.9 Å². The second-order valence-electron chi connectivity index (χ2n) is 6.28. The first-order valence-corrected chi connectivity index (χ1v) is 9.94. The number of rotatable bonds is 7. The fourth-order valence-corrected chi connectivity index (χ4v) is 3.41. The fraction of sp³-hybridized carbons (Fsp3) is 0.263. The number of halogens is 1. The van der Waals surface area contributed by atoms with Gasteiger partial charge in [0.05, 0.1) is 16.7 Å². The first kappa shape index (κ1) is 21.4. The minimum absolute atomic E-state index is 0.0776. The van der Waals surface area contributed by atoms with Crippen molar-refractivity contribution in [1.82, 2.24) is 5.32 Å². The third-order valence-electron chi connectivity index (χ3n) is 3.64. The zero-order valence-electron chi connectivity index (χ0n) is 15.7. The van der Waals surface area contributed by atoms with Crippen molar-refractivity contribution < 1.29 is 27.1 Å². The Hall–Kier alpha value is -2.94. The molecule has 0 heterocycles. The maximum absolute atomic E-state index is 13.7. The first-order valence-electron chi connectivity index (χ1n) is 8.46. The number of anilines is 1. The molecule has 0 atom stereocenters. The van der Waals surface area contributed by atoms with E-state index in [0.717, 1.165) is 6.07 Å². The molecule has 0 radical (unpaired) electrons. The summed E-state index contributed by atoms with van der Waals surface area (Å²) in [4.78, 5) is 23.7. The quantitative estimate of drug-likeness (QED) is 0.686. The Labute approximate surface area is 163 Å². The zero-order chi connectivity index (χ0) is 20.9. The highest BCUT2D eigenvalue weighted by Crippen LogP contribution is 2.21. The van der Waals surface area contributed by atoms with Gasteiger partial charge in [0.1, 0.15) is 12.4 Å². The molecular weight excluding hydrogens is 387 g/mol. The molecule has 0 aliphatic carbocycles. The topological polar surface area (TPSA) is 102 Å². The minimum Gasteiger partial charge on any atom is -0.462 e. The van der Waals surface area contributed by atoms with Crippen LogP contribution in [0, 0.1) is 12.7 Å². The van der Waals surface area contributed by atoms with Crippen molar-refractivity contribution in [1.29, 1.82) is 0 Å². The van der Waals surface area contributed by atoms with E-state index < -0.39 is 27.7 Å². The van der Waals surface area contributed by atoms with E-state index in [0.29, 0.717) is 5.56 Å². The van der Waals surface area contributed by atoms with E-state index in [-0.39, 0.29) is 28.8 Å². The van der Waals surface area contributed by atoms with Crippen molar-refractivity contribution in [2.45, 2.75) is 31.8 Å². The van der Waals surface area contributed by atoms with Gasteiger partial charge in [0.15, 0.2) is 0 Å². The number of amides is 1. The molecule has 0 saturated heterocycles. The second-order valence-corrected chi connectivity index (χ2v) is 7.97.